The maximum Gasteiger partial charge on any atom is 0.251 e. The van der Waals surface area contributed by atoms with Gasteiger partial charge >= 0.3 is 0 Å². The third-order valence-electron chi connectivity index (χ3n) is 4.48. The molecule has 3 aromatic carbocycles. The topological polar surface area (TPSA) is 84.5 Å². The summed E-state index contributed by atoms with van der Waals surface area (Å²) in [5, 5.41) is 5.00. The van der Waals surface area contributed by atoms with E-state index in [0.717, 1.165) is 16.5 Å². The molecule has 7 heteroatoms. The number of ether oxygens (including phenoxy) is 1. The molecule has 0 unspecified atom stereocenters. The van der Waals surface area contributed by atoms with Crippen molar-refractivity contribution in [3.8, 4) is 5.75 Å². The first-order valence-electron chi connectivity index (χ1n) is 9.41. The molecular weight excluding hydrogens is 388 g/mol. The zero-order valence-corrected chi connectivity index (χ0v) is 17.3. The molecule has 0 saturated carbocycles. The number of benzene rings is 3. The second-order valence-corrected chi connectivity index (χ2v) is 8.36. The molecule has 0 saturated heterocycles. The standard InChI is InChI=1S/C22H24N2O4S/c1-3-24-29(26,27)20-11-8-16(2)21(15-20)22(25)23-12-13-28-19-10-9-17-6-4-5-7-18(17)14-19/h4-11,14-15,24H,3,12-13H2,1-2H3,(H,23,25). The Morgan fingerprint density at radius 2 is 1.76 bits per heavy atom. The third-order valence-corrected chi connectivity index (χ3v) is 6.02. The van der Waals surface area contributed by atoms with Crippen molar-refractivity contribution in [3.63, 3.8) is 0 Å². The molecule has 0 aromatic heterocycles. The summed E-state index contributed by atoms with van der Waals surface area (Å²) in [6.45, 7) is 4.36. The van der Waals surface area contributed by atoms with Gasteiger partial charge < -0.3 is 10.1 Å². The summed E-state index contributed by atoms with van der Waals surface area (Å²) in [5.74, 6) is 0.394. The summed E-state index contributed by atoms with van der Waals surface area (Å²) < 4.78 is 32.5. The SMILES string of the molecule is CCNS(=O)(=O)c1ccc(C)c(C(=O)NCCOc2ccc3ccccc3c2)c1. The van der Waals surface area contributed by atoms with Crippen molar-refractivity contribution in [2.75, 3.05) is 19.7 Å². The van der Waals surface area contributed by atoms with Crippen LogP contribution < -0.4 is 14.8 Å². The average molecular weight is 413 g/mol. The number of carbonyl (C=O) groups is 1. The van der Waals surface area contributed by atoms with Gasteiger partial charge in [-0.05, 0) is 47.5 Å². The van der Waals surface area contributed by atoms with Crippen LogP contribution in [-0.2, 0) is 10.0 Å². The van der Waals surface area contributed by atoms with E-state index in [1.165, 1.54) is 12.1 Å². The van der Waals surface area contributed by atoms with E-state index in [9.17, 15) is 13.2 Å². The molecule has 29 heavy (non-hydrogen) atoms. The van der Waals surface area contributed by atoms with E-state index in [4.69, 9.17) is 4.74 Å². The van der Waals surface area contributed by atoms with Gasteiger partial charge in [-0.2, -0.15) is 0 Å². The lowest BCUT2D eigenvalue weighted by molar-refractivity contribution is 0.0946. The van der Waals surface area contributed by atoms with Crippen LogP contribution in [0.4, 0.5) is 0 Å². The van der Waals surface area contributed by atoms with Crippen molar-refractivity contribution in [1.29, 1.82) is 0 Å². The van der Waals surface area contributed by atoms with E-state index in [-0.39, 0.29) is 17.3 Å². The van der Waals surface area contributed by atoms with Crippen LogP contribution in [0, 0.1) is 6.92 Å². The van der Waals surface area contributed by atoms with E-state index >= 15 is 0 Å². The summed E-state index contributed by atoms with van der Waals surface area (Å²) >= 11 is 0. The summed E-state index contributed by atoms with van der Waals surface area (Å²) in [7, 11) is -3.62. The van der Waals surface area contributed by atoms with Gasteiger partial charge in [0, 0.05) is 12.1 Å². The van der Waals surface area contributed by atoms with Crippen molar-refractivity contribution in [3.05, 3.63) is 71.8 Å². The zero-order chi connectivity index (χ0) is 20.9. The summed E-state index contributed by atoms with van der Waals surface area (Å²) in [6.07, 6.45) is 0. The average Bonchev–Trinajstić information content (AvgIpc) is 2.71. The first-order chi connectivity index (χ1) is 13.9. The van der Waals surface area contributed by atoms with Crippen LogP contribution in [0.25, 0.3) is 10.8 Å². The molecule has 3 rings (SSSR count). The number of rotatable bonds is 8. The van der Waals surface area contributed by atoms with Crippen molar-refractivity contribution < 1.29 is 17.9 Å². The fourth-order valence-electron chi connectivity index (χ4n) is 2.97. The van der Waals surface area contributed by atoms with Gasteiger partial charge in [-0.1, -0.05) is 43.3 Å². The fraction of sp³-hybridized carbons (Fsp3) is 0.227. The lowest BCUT2D eigenvalue weighted by Crippen LogP contribution is -2.29. The van der Waals surface area contributed by atoms with Gasteiger partial charge in [-0.25, -0.2) is 13.1 Å². The molecular formula is C22H24N2O4S. The number of carbonyl (C=O) groups excluding carboxylic acids is 1. The van der Waals surface area contributed by atoms with E-state index in [0.29, 0.717) is 24.3 Å². The Morgan fingerprint density at radius 1 is 1.00 bits per heavy atom. The first-order valence-corrected chi connectivity index (χ1v) is 10.9. The van der Waals surface area contributed by atoms with Gasteiger partial charge in [0.05, 0.1) is 11.4 Å². The maximum absolute atomic E-state index is 12.5. The first kappa shape index (κ1) is 20.8. The number of hydrogen-bond acceptors (Lipinski definition) is 4. The largest absolute Gasteiger partial charge is 0.492 e. The van der Waals surface area contributed by atoms with Crippen LogP contribution in [0.3, 0.4) is 0 Å². The van der Waals surface area contributed by atoms with Crippen LogP contribution >= 0.6 is 0 Å². The highest BCUT2D eigenvalue weighted by Gasteiger charge is 2.17. The normalized spacial score (nSPS) is 11.4. The number of sulfonamides is 1. The monoisotopic (exact) mass is 412 g/mol. The predicted molar refractivity (Wildman–Crippen MR) is 114 cm³/mol. The molecule has 152 valence electrons. The zero-order valence-electron chi connectivity index (χ0n) is 16.4. The van der Waals surface area contributed by atoms with Crippen molar-refractivity contribution in [2.24, 2.45) is 0 Å². The Kier molecular flexibility index (Phi) is 6.51. The van der Waals surface area contributed by atoms with Crippen molar-refractivity contribution in [2.45, 2.75) is 18.7 Å². The second kappa shape index (κ2) is 9.07. The number of hydrogen-bond donors (Lipinski definition) is 2. The number of amides is 1. The summed E-state index contributed by atoms with van der Waals surface area (Å²) in [5.41, 5.74) is 1.03. The summed E-state index contributed by atoms with van der Waals surface area (Å²) in [6, 6.07) is 18.4. The summed E-state index contributed by atoms with van der Waals surface area (Å²) in [4.78, 5) is 12.6. The smallest absolute Gasteiger partial charge is 0.251 e. The quantitative estimate of drug-likeness (QED) is 0.556. The number of fused-ring (bicyclic) bond motifs is 1. The Bertz CT molecular complexity index is 1130. The third kappa shape index (κ3) is 5.13. The van der Waals surface area contributed by atoms with E-state index in [2.05, 4.69) is 10.0 Å². The molecule has 0 atom stereocenters. The molecule has 0 aliphatic carbocycles. The number of aryl methyl sites for hydroxylation is 1. The molecule has 0 fully saturated rings. The molecule has 2 N–H and O–H groups in total. The molecule has 0 bridgehead atoms. The van der Waals surface area contributed by atoms with Crippen molar-refractivity contribution >= 4 is 26.7 Å². The minimum atomic E-state index is -3.62. The molecule has 6 nitrogen and oxygen atoms in total. The highest BCUT2D eigenvalue weighted by atomic mass is 32.2. The van der Waals surface area contributed by atoms with Crippen LogP contribution in [0.15, 0.2) is 65.6 Å². The highest BCUT2D eigenvalue weighted by molar-refractivity contribution is 7.89. The van der Waals surface area contributed by atoms with Gasteiger partial charge in [0.1, 0.15) is 12.4 Å². The van der Waals surface area contributed by atoms with Crippen LogP contribution in [0.1, 0.15) is 22.8 Å². The van der Waals surface area contributed by atoms with Gasteiger partial charge in [-0.3, -0.25) is 4.79 Å². The lowest BCUT2D eigenvalue weighted by atomic mass is 10.1. The van der Waals surface area contributed by atoms with E-state index < -0.39 is 10.0 Å². The predicted octanol–water partition coefficient (Wildman–Crippen LogP) is 3.26. The van der Waals surface area contributed by atoms with Gasteiger partial charge in [-0.15, -0.1) is 0 Å². The Morgan fingerprint density at radius 3 is 2.52 bits per heavy atom. The molecule has 0 aliphatic heterocycles. The minimum Gasteiger partial charge on any atom is -0.492 e. The molecule has 0 radical (unpaired) electrons. The fourth-order valence-corrected chi connectivity index (χ4v) is 4.04. The van der Waals surface area contributed by atoms with E-state index in [1.807, 2.05) is 42.5 Å². The van der Waals surface area contributed by atoms with Gasteiger partial charge in [0.2, 0.25) is 10.0 Å². The second-order valence-electron chi connectivity index (χ2n) is 6.59. The maximum atomic E-state index is 12.5. The van der Waals surface area contributed by atoms with Crippen LogP contribution in [-0.4, -0.2) is 34.0 Å². The molecule has 1 amide bonds. The number of nitrogens with one attached hydrogen (secondary N) is 2. The minimum absolute atomic E-state index is 0.0718. The lowest BCUT2D eigenvalue weighted by Gasteiger charge is -2.11. The van der Waals surface area contributed by atoms with E-state index in [1.54, 1.807) is 19.9 Å². The Balaban J connectivity index is 1.60. The van der Waals surface area contributed by atoms with Gasteiger partial charge in [0.25, 0.3) is 5.91 Å². The van der Waals surface area contributed by atoms with Crippen LogP contribution in [0.2, 0.25) is 0 Å². The Hall–Kier alpha value is -2.90. The Labute approximate surface area is 170 Å². The van der Waals surface area contributed by atoms with Crippen molar-refractivity contribution in [1.82, 2.24) is 10.0 Å². The van der Waals surface area contributed by atoms with Crippen LogP contribution in [0.5, 0.6) is 5.75 Å². The molecule has 0 aliphatic rings. The highest BCUT2D eigenvalue weighted by Crippen LogP contribution is 2.20. The van der Waals surface area contributed by atoms with Gasteiger partial charge in [0.15, 0.2) is 0 Å². The molecule has 0 spiro atoms. The molecule has 3 aromatic rings. The molecule has 0 heterocycles.